The van der Waals surface area contributed by atoms with Crippen molar-refractivity contribution < 1.29 is 20.1 Å². The van der Waals surface area contributed by atoms with E-state index < -0.39 is 12.0 Å². The molecule has 1 unspecified atom stereocenters. The zero-order valence-corrected chi connectivity index (χ0v) is 7.90. The highest BCUT2D eigenvalue weighted by Gasteiger charge is 2.26. The number of hydrogen-bond donors (Lipinski definition) is 4. The normalized spacial score (nSPS) is 19.6. The van der Waals surface area contributed by atoms with E-state index in [9.17, 15) is 15.0 Å². The third kappa shape index (κ3) is 1.61. The van der Waals surface area contributed by atoms with E-state index in [4.69, 9.17) is 5.11 Å². The van der Waals surface area contributed by atoms with Crippen LogP contribution in [0.3, 0.4) is 0 Å². The van der Waals surface area contributed by atoms with Gasteiger partial charge in [0.05, 0.1) is 0 Å². The van der Waals surface area contributed by atoms with Gasteiger partial charge in [0.1, 0.15) is 6.04 Å². The third-order valence-electron chi connectivity index (χ3n) is 2.60. The number of phenols is 2. The van der Waals surface area contributed by atoms with Crippen LogP contribution in [0.25, 0.3) is 0 Å². The highest BCUT2D eigenvalue weighted by molar-refractivity contribution is 5.75. The molecule has 0 fully saturated rings. The molecule has 0 amide bonds. The second-order valence-corrected chi connectivity index (χ2v) is 3.55. The average molecular weight is 209 g/mol. The second-order valence-electron chi connectivity index (χ2n) is 3.55. The summed E-state index contributed by atoms with van der Waals surface area (Å²) in [5.41, 5.74) is 1.34. The largest absolute Gasteiger partial charge is 0.504 e. The molecule has 0 saturated carbocycles. The standard InChI is InChI=1S/C10H11NO4/c12-8-2-1-5-4-11-7(10(14)15)3-6(5)9(8)13/h1-2,7,11-13H,3-4H2,(H,14,15). The Labute approximate surface area is 86.0 Å². The molecule has 1 aromatic rings. The van der Waals surface area contributed by atoms with Gasteiger partial charge in [-0.1, -0.05) is 6.07 Å². The van der Waals surface area contributed by atoms with Crippen molar-refractivity contribution in [2.75, 3.05) is 0 Å². The van der Waals surface area contributed by atoms with Crippen LogP contribution in [-0.4, -0.2) is 27.3 Å². The Hall–Kier alpha value is -1.75. The quantitative estimate of drug-likeness (QED) is 0.496. The maximum Gasteiger partial charge on any atom is 0.321 e. The van der Waals surface area contributed by atoms with E-state index in [0.717, 1.165) is 5.56 Å². The average Bonchev–Trinajstić information content (AvgIpc) is 2.23. The van der Waals surface area contributed by atoms with E-state index in [0.29, 0.717) is 12.1 Å². The molecule has 0 aromatic heterocycles. The summed E-state index contributed by atoms with van der Waals surface area (Å²) in [6, 6.07) is 2.37. The number of aromatic hydroxyl groups is 2. The lowest BCUT2D eigenvalue weighted by molar-refractivity contribution is -0.139. The number of aliphatic carboxylic acids is 1. The number of fused-ring (bicyclic) bond motifs is 1. The summed E-state index contributed by atoms with van der Waals surface area (Å²) in [4.78, 5) is 10.8. The molecule has 0 bridgehead atoms. The van der Waals surface area contributed by atoms with E-state index >= 15 is 0 Å². The lowest BCUT2D eigenvalue weighted by atomic mass is 9.94. The number of carbonyl (C=O) groups is 1. The number of carboxylic acids is 1. The second kappa shape index (κ2) is 3.43. The molecule has 15 heavy (non-hydrogen) atoms. The van der Waals surface area contributed by atoms with Crippen molar-refractivity contribution in [1.82, 2.24) is 5.32 Å². The first kappa shape index (κ1) is 9.79. The Bertz CT molecular complexity index is 416. The summed E-state index contributed by atoms with van der Waals surface area (Å²) in [5.74, 6) is -1.37. The zero-order valence-electron chi connectivity index (χ0n) is 7.90. The maximum atomic E-state index is 10.8. The molecule has 5 heteroatoms. The topological polar surface area (TPSA) is 89.8 Å². The molecule has 0 aliphatic carbocycles. The van der Waals surface area contributed by atoms with Crippen LogP contribution in [0.5, 0.6) is 11.5 Å². The Kier molecular flexibility index (Phi) is 2.24. The fourth-order valence-electron chi connectivity index (χ4n) is 1.74. The minimum Gasteiger partial charge on any atom is -0.504 e. The van der Waals surface area contributed by atoms with Gasteiger partial charge in [-0.25, -0.2) is 0 Å². The number of phenolic OH excluding ortho intramolecular Hbond substituents is 2. The predicted octanol–water partition coefficient (Wildman–Crippen LogP) is 0.197. The number of rotatable bonds is 1. The molecular weight excluding hydrogens is 198 g/mol. The van der Waals surface area contributed by atoms with Gasteiger partial charge in [-0.2, -0.15) is 0 Å². The van der Waals surface area contributed by atoms with Crippen LogP contribution in [0.1, 0.15) is 11.1 Å². The Morgan fingerprint density at radius 1 is 1.40 bits per heavy atom. The molecule has 1 aliphatic rings. The van der Waals surface area contributed by atoms with Crippen LogP contribution < -0.4 is 5.32 Å². The monoisotopic (exact) mass is 209 g/mol. The molecule has 1 aliphatic heterocycles. The molecule has 0 saturated heterocycles. The molecule has 0 radical (unpaired) electrons. The first-order chi connectivity index (χ1) is 7.09. The molecule has 5 nitrogen and oxygen atoms in total. The molecule has 80 valence electrons. The number of benzene rings is 1. The minimum atomic E-state index is -0.955. The van der Waals surface area contributed by atoms with E-state index in [1.54, 1.807) is 6.07 Å². The van der Waals surface area contributed by atoms with E-state index in [-0.39, 0.29) is 17.9 Å². The number of nitrogens with one attached hydrogen (secondary N) is 1. The SMILES string of the molecule is O=C(O)C1Cc2c(ccc(O)c2O)CN1. The molecule has 1 aromatic carbocycles. The van der Waals surface area contributed by atoms with Gasteiger partial charge in [-0.15, -0.1) is 0 Å². The smallest absolute Gasteiger partial charge is 0.321 e. The van der Waals surface area contributed by atoms with Gasteiger partial charge in [-0.3, -0.25) is 4.79 Å². The van der Waals surface area contributed by atoms with E-state index in [1.807, 2.05) is 0 Å². The summed E-state index contributed by atoms with van der Waals surface area (Å²) in [7, 11) is 0. The maximum absolute atomic E-state index is 10.8. The molecular formula is C10H11NO4. The van der Waals surface area contributed by atoms with E-state index in [2.05, 4.69) is 5.32 Å². The Morgan fingerprint density at radius 3 is 2.80 bits per heavy atom. The lowest BCUT2D eigenvalue weighted by Gasteiger charge is -2.23. The third-order valence-corrected chi connectivity index (χ3v) is 2.60. The van der Waals surface area contributed by atoms with Crippen LogP contribution in [-0.2, 0) is 17.8 Å². The van der Waals surface area contributed by atoms with Gasteiger partial charge < -0.3 is 20.6 Å². The highest BCUT2D eigenvalue weighted by atomic mass is 16.4. The van der Waals surface area contributed by atoms with Crippen molar-refractivity contribution in [1.29, 1.82) is 0 Å². The van der Waals surface area contributed by atoms with Crippen molar-refractivity contribution in [2.24, 2.45) is 0 Å². The summed E-state index contributed by atoms with van der Waals surface area (Å²) in [6.45, 7) is 0.389. The molecule has 1 heterocycles. The van der Waals surface area contributed by atoms with Crippen LogP contribution in [0.4, 0.5) is 0 Å². The fraction of sp³-hybridized carbons (Fsp3) is 0.300. The first-order valence-corrected chi connectivity index (χ1v) is 4.58. The summed E-state index contributed by atoms with van der Waals surface area (Å²) >= 11 is 0. The van der Waals surface area contributed by atoms with Gasteiger partial charge in [-0.05, 0) is 11.6 Å². The van der Waals surface area contributed by atoms with E-state index in [1.165, 1.54) is 6.07 Å². The van der Waals surface area contributed by atoms with Gasteiger partial charge in [0.2, 0.25) is 0 Å². The molecule has 1 atom stereocenters. The number of hydrogen-bond acceptors (Lipinski definition) is 4. The van der Waals surface area contributed by atoms with Crippen LogP contribution in [0, 0.1) is 0 Å². The van der Waals surface area contributed by atoms with Crippen LogP contribution >= 0.6 is 0 Å². The highest BCUT2D eigenvalue weighted by Crippen LogP contribution is 2.33. The van der Waals surface area contributed by atoms with Crippen LogP contribution in [0.2, 0.25) is 0 Å². The summed E-state index contributed by atoms with van der Waals surface area (Å²) in [6.07, 6.45) is 0.185. The van der Waals surface area contributed by atoms with Crippen molar-refractivity contribution >= 4 is 5.97 Å². The first-order valence-electron chi connectivity index (χ1n) is 4.58. The van der Waals surface area contributed by atoms with Gasteiger partial charge in [0.15, 0.2) is 11.5 Å². The van der Waals surface area contributed by atoms with Crippen LogP contribution in [0.15, 0.2) is 12.1 Å². The zero-order chi connectivity index (χ0) is 11.0. The summed E-state index contributed by atoms with van der Waals surface area (Å²) < 4.78 is 0. The molecule has 2 rings (SSSR count). The summed E-state index contributed by atoms with van der Waals surface area (Å²) in [5, 5.41) is 30.5. The minimum absolute atomic E-state index is 0.185. The van der Waals surface area contributed by atoms with Crippen molar-refractivity contribution in [3.8, 4) is 11.5 Å². The predicted molar refractivity (Wildman–Crippen MR) is 51.7 cm³/mol. The number of carboxylic acid groups (broad SMARTS) is 1. The van der Waals surface area contributed by atoms with Gasteiger partial charge in [0.25, 0.3) is 0 Å². The van der Waals surface area contributed by atoms with Crippen molar-refractivity contribution in [3.63, 3.8) is 0 Å². The Balaban J connectivity index is 2.39. The molecule has 0 spiro atoms. The van der Waals surface area contributed by atoms with Crippen molar-refractivity contribution in [2.45, 2.75) is 19.0 Å². The fourth-order valence-corrected chi connectivity index (χ4v) is 1.74. The molecule has 4 N–H and O–H groups in total. The lowest BCUT2D eigenvalue weighted by Crippen LogP contribution is -2.41. The Morgan fingerprint density at radius 2 is 2.13 bits per heavy atom. The van der Waals surface area contributed by atoms with Gasteiger partial charge in [0, 0.05) is 18.5 Å². The van der Waals surface area contributed by atoms with Crippen molar-refractivity contribution in [3.05, 3.63) is 23.3 Å². The van der Waals surface area contributed by atoms with Gasteiger partial charge >= 0.3 is 5.97 Å².